The predicted molar refractivity (Wildman–Crippen MR) is 90.4 cm³/mol. The molecule has 4 rings (SSSR count). The molecular formula is C16H19ClN2O4S. The molecule has 0 bridgehead atoms. The summed E-state index contributed by atoms with van der Waals surface area (Å²) in [4.78, 5) is 21.0. The lowest BCUT2D eigenvalue weighted by atomic mass is 9.96. The summed E-state index contributed by atoms with van der Waals surface area (Å²) >= 11 is 7.41. The molecule has 0 radical (unpaired) electrons. The van der Waals surface area contributed by atoms with Crippen molar-refractivity contribution in [3.8, 4) is 0 Å². The molecular weight excluding hydrogens is 352 g/mol. The Kier molecular flexibility index (Phi) is 4.76. The molecule has 4 heterocycles. The van der Waals surface area contributed by atoms with Gasteiger partial charge in [0, 0.05) is 25.4 Å². The standard InChI is InChI=1S/C16H19ClN2O4S/c17-14-4-3-13(24-14)11-8-12(23-18-11)15(20)19-5-1-2-10(9-19)16-21-6-7-22-16/h3-4,10,12,16H,1-2,5-9H2. The van der Waals surface area contributed by atoms with Gasteiger partial charge in [-0.25, -0.2) is 0 Å². The number of ether oxygens (including phenoxy) is 2. The van der Waals surface area contributed by atoms with Crippen molar-refractivity contribution in [3.05, 3.63) is 21.3 Å². The van der Waals surface area contributed by atoms with E-state index in [0.29, 0.717) is 30.5 Å². The van der Waals surface area contributed by atoms with Crippen LogP contribution >= 0.6 is 22.9 Å². The number of hydrogen-bond donors (Lipinski definition) is 0. The van der Waals surface area contributed by atoms with Crippen molar-refractivity contribution in [1.82, 2.24) is 4.90 Å². The fourth-order valence-corrected chi connectivity index (χ4v) is 4.44. The van der Waals surface area contributed by atoms with E-state index >= 15 is 0 Å². The SMILES string of the molecule is O=C(C1CC(c2ccc(Cl)s2)=NO1)N1CCCC(C2OCCO2)C1. The predicted octanol–water partition coefficient (Wildman–Crippen LogP) is 2.51. The number of carbonyl (C=O) groups excluding carboxylic acids is 1. The van der Waals surface area contributed by atoms with Crippen molar-refractivity contribution in [3.63, 3.8) is 0 Å². The zero-order valence-corrected chi connectivity index (χ0v) is 14.7. The van der Waals surface area contributed by atoms with Crippen molar-refractivity contribution in [2.24, 2.45) is 11.1 Å². The molecule has 2 unspecified atom stereocenters. The van der Waals surface area contributed by atoms with Gasteiger partial charge in [-0.1, -0.05) is 16.8 Å². The van der Waals surface area contributed by atoms with Crippen molar-refractivity contribution < 1.29 is 19.1 Å². The molecule has 130 valence electrons. The van der Waals surface area contributed by atoms with Crippen LogP contribution in [0.1, 0.15) is 24.1 Å². The lowest BCUT2D eigenvalue weighted by Gasteiger charge is -2.35. The van der Waals surface area contributed by atoms with E-state index in [-0.39, 0.29) is 18.1 Å². The van der Waals surface area contributed by atoms with E-state index in [2.05, 4.69) is 5.16 Å². The average molecular weight is 371 g/mol. The van der Waals surface area contributed by atoms with Gasteiger partial charge in [-0.05, 0) is 25.0 Å². The number of rotatable bonds is 3. The van der Waals surface area contributed by atoms with Crippen LogP contribution in [-0.4, -0.2) is 55.2 Å². The van der Waals surface area contributed by atoms with E-state index < -0.39 is 6.10 Å². The number of hydrogen-bond acceptors (Lipinski definition) is 6. The molecule has 2 fully saturated rings. The van der Waals surface area contributed by atoms with Gasteiger partial charge in [0.25, 0.3) is 5.91 Å². The van der Waals surface area contributed by atoms with E-state index in [1.807, 2.05) is 17.0 Å². The second kappa shape index (κ2) is 7.00. The molecule has 3 aliphatic rings. The Morgan fingerprint density at radius 2 is 2.17 bits per heavy atom. The Bertz CT molecular complexity index is 644. The van der Waals surface area contributed by atoms with Crippen molar-refractivity contribution >= 4 is 34.6 Å². The summed E-state index contributed by atoms with van der Waals surface area (Å²) in [6, 6.07) is 3.74. The Labute approximate surface area is 149 Å². The van der Waals surface area contributed by atoms with Crippen LogP contribution in [0.25, 0.3) is 0 Å². The molecule has 6 nitrogen and oxygen atoms in total. The summed E-state index contributed by atoms with van der Waals surface area (Å²) in [6.45, 7) is 2.69. The second-order valence-corrected chi connectivity index (χ2v) is 7.95. The van der Waals surface area contributed by atoms with Gasteiger partial charge >= 0.3 is 0 Å². The molecule has 0 saturated carbocycles. The average Bonchev–Trinajstić information content (AvgIpc) is 3.35. The van der Waals surface area contributed by atoms with Crippen molar-refractivity contribution in [1.29, 1.82) is 0 Å². The summed E-state index contributed by atoms with van der Waals surface area (Å²) in [6.07, 6.45) is 1.76. The van der Waals surface area contributed by atoms with Crippen LogP contribution in [-0.2, 0) is 19.1 Å². The van der Waals surface area contributed by atoms with Crippen LogP contribution < -0.4 is 0 Å². The van der Waals surface area contributed by atoms with E-state index in [4.69, 9.17) is 25.9 Å². The Morgan fingerprint density at radius 1 is 1.33 bits per heavy atom. The lowest BCUT2D eigenvalue weighted by Crippen LogP contribution is -2.47. The fourth-order valence-electron chi connectivity index (χ4n) is 3.41. The van der Waals surface area contributed by atoms with Crippen molar-refractivity contribution in [2.75, 3.05) is 26.3 Å². The minimum absolute atomic E-state index is 0.000833. The van der Waals surface area contributed by atoms with Crippen LogP contribution in [0.15, 0.2) is 17.3 Å². The van der Waals surface area contributed by atoms with Gasteiger partial charge in [-0.3, -0.25) is 4.79 Å². The summed E-state index contributed by atoms with van der Waals surface area (Å²) in [5.74, 6) is 0.238. The largest absolute Gasteiger partial charge is 0.382 e. The smallest absolute Gasteiger partial charge is 0.266 e. The second-order valence-electron chi connectivity index (χ2n) is 6.24. The number of thiophene rings is 1. The molecule has 2 atom stereocenters. The number of likely N-dealkylation sites (tertiary alicyclic amines) is 1. The first kappa shape index (κ1) is 16.3. The monoisotopic (exact) mass is 370 g/mol. The number of carbonyl (C=O) groups is 1. The molecule has 0 spiro atoms. The summed E-state index contributed by atoms with van der Waals surface area (Å²) in [5.41, 5.74) is 0.793. The molecule has 0 N–H and O–H groups in total. The summed E-state index contributed by atoms with van der Waals surface area (Å²) in [5, 5.41) is 4.08. The van der Waals surface area contributed by atoms with Crippen LogP contribution in [0, 0.1) is 5.92 Å². The first-order valence-electron chi connectivity index (χ1n) is 8.21. The Balaban J connectivity index is 1.36. The lowest BCUT2D eigenvalue weighted by molar-refractivity contribution is -0.149. The molecule has 8 heteroatoms. The Morgan fingerprint density at radius 3 is 2.92 bits per heavy atom. The molecule has 1 aromatic heterocycles. The van der Waals surface area contributed by atoms with Crippen LogP contribution in [0.5, 0.6) is 0 Å². The van der Waals surface area contributed by atoms with Crippen LogP contribution in [0.2, 0.25) is 4.34 Å². The third-order valence-corrected chi connectivity index (χ3v) is 5.88. The van der Waals surface area contributed by atoms with Gasteiger partial charge in [0.2, 0.25) is 6.10 Å². The highest BCUT2D eigenvalue weighted by Gasteiger charge is 2.37. The quantitative estimate of drug-likeness (QED) is 0.820. The molecule has 3 aliphatic heterocycles. The fraction of sp³-hybridized carbons (Fsp3) is 0.625. The minimum Gasteiger partial charge on any atom is -0.382 e. The highest BCUT2D eigenvalue weighted by Crippen LogP contribution is 2.29. The third kappa shape index (κ3) is 3.31. The van der Waals surface area contributed by atoms with Gasteiger partial charge < -0.3 is 19.2 Å². The maximum absolute atomic E-state index is 12.8. The highest BCUT2D eigenvalue weighted by molar-refractivity contribution is 7.18. The van der Waals surface area contributed by atoms with E-state index in [1.54, 1.807) is 0 Å². The van der Waals surface area contributed by atoms with E-state index in [1.165, 1.54) is 11.3 Å². The number of oxime groups is 1. The number of piperidine rings is 1. The molecule has 1 amide bonds. The minimum atomic E-state index is -0.537. The maximum Gasteiger partial charge on any atom is 0.266 e. The normalized spacial score (nSPS) is 28.0. The van der Waals surface area contributed by atoms with E-state index in [0.717, 1.165) is 30.0 Å². The van der Waals surface area contributed by atoms with Gasteiger partial charge in [-0.2, -0.15) is 0 Å². The maximum atomic E-state index is 12.8. The molecule has 24 heavy (non-hydrogen) atoms. The van der Waals surface area contributed by atoms with Crippen LogP contribution in [0.4, 0.5) is 0 Å². The first-order chi connectivity index (χ1) is 11.7. The number of nitrogens with zero attached hydrogens (tertiary/aromatic N) is 2. The Hall–Kier alpha value is -1.15. The molecule has 0 aromatic carbocycles. The third-order valence-electron chi connectivity index (χ3n) is 4.60. The van der Waals surface area contributed by atoms with Gasteiger partial charge in [-0.15, -0.1) is 11.3 Å². The van der Waals surface area contributed by atoms with Crippen LogP contribution in [0.3, 0.4) is 0 Å². The summed E-state index contributed by atoms with van der Waals surface area (Å²) in [7, 11) is 0. The summed E-state index contributed by atoms with van der Waals surface area (Å²) < 4.78 is 11.9. The molecule has 0 aliphatic carbocycles. The number of amides is 1. The zero-order chi connectivity index (χ0) is 16.5. The van der Waals surface area contributed by atoms with Gasteiger partial charge in [0.1, 0.15) is 5.71 Å². The van der Waals surface area contributed by atoms with E-state index in [9.17, 15) is 4.79 Å². The zero-order valence-electron chi connectivity index (χ0n) is 13.2. The molecule has 2 saturated heterocycles. The molecule has 1 aromatic rings. The number of halogens is 1. The van der Waals surface area contributed by atoms with Gasteiger partial charge in [0.15, 0.2) is 6.29 Å². The van der Waals surface area contributed by atoms with Gasteiger partial charge in [0.05, 0.1) is 22.4 Å². The topological polar surface area (TPSA) is 60.4 Å². The first-order valence-corrected chi connectivity index (χ1v) is 9.40. The highest BCUT2D eigenvalue weighted by atomic mass is 35.5. The van der Waals surface area contributed by atoms with Crippen molar-refractivity contribution in [2.45, 2.75) is 31.7 Å².